The molecule has 0 unspecified atom stereocenters. The van der Waals surface area contributed by atoms with Gasteiger partial charge in [-0.1, -0.05) is 54.9 Å². The topological polar surface area (TPSA) is 21.3 Å². The van der Waals surface area contributed by atoms with Gasteiger partial charge in [0, 0.05) is 5.02 Å². The Morgan fingerprint density at radius 3 is 2.38 bits per heavy atom. The molecule has 0 bridgehead atoms. The van der Waals surface area contributed by atoms with Gasteiger partial charge in [-0.25, -0.2) is 0 Å². The molecule has 0 amide bonds. The van der Waals surface area contributed by atoms with Crippen LogP contribution in [0.15, 0.2) is 48.5 Å². The molecule has 2 aromatic carbocycles. The molecule has 112 valence electrons. The number of likely N-dealkylation sites (N-methyl/N-ethyl adjacent to an activating group) is 1. The Labute approximate surface area is 132 Å². The molecule has 0 fully saturated rings. The van der Waals surface area contributed by atoms with Crippen LogP contribution in [-0.2, 0) is 24.4 Å². The molecule has 2 aromatic rings. The largest absolute Gasteiger partial charge is 0.372 e. The van der Waals surface area contributed by atoms with Crippen molar-refractivity contribution in [3.63, 3.8) is 0 Å². The Bertz CT molecular complexity index is 539. The summed E-state index contributed by atoms with van der Waals surface area (Å²) >= 11 is 5.95. The molecule has 21 heavy (non-hydrogen) atoms. The highest BCUT2D eigenvalue weighted by Gasteiger charge is 1.98. The van der Waals surface area contributed by atoms with Crippen LogP contribution in [0.2, 0.25) is 5.02 Å². The van der Waals surface area contributed by atoms with Gasteiger partial charge in [-0.15, -0.1) is 0 Å². The molecule has 2 nitrogen and oxygen atoms in total. The van der Waals surface area contributed by atoms with Crippen molar-refractivity contribution in [2.75, 3.05) is 13.1 Å². The lowest BCUT2D eigenvalue weighted by molar-refractivity contribution is 0.107. The molecule has 0 aliphatic rings. The predicted molar refractivity (Wildman–Crippen MR) is 88.6 cm³/mol. The first-order chi connectivity index (χ1) is 10.3. The van der Waals surface area contributed by atoms with Gasteiger partial charge in [0.2, 0.25) is 0 Å². The van der Waals surface area contributed by atoms with Crippen molar-refractivity contribution >= 4 is 11.6 Å². The minimum atomic E-state index is 0.586. The summed E-state index contributed by atoms with van der Waals surface area (Å²) in [5.74, 6) is 0. The number of rotatable bonds is 8. The van der Waals surface area contributed by atoms with Crippen LogP contribution >= 0.6 is 11.6 Å². The Balaban J connectivity index is 1.75. The third-order valence-electron chi connectivity index (χ3n) is 3.29. The highest BCUT2D eigenvalue weighted by atomic mass is 35.5. The van der Waals surface area contributed by atoms with Crippen LogP contribution in [0.1, 0.15) is 23.6 Å². The third kappa shape index (κ3) is 5.88. The van der Waals surface area contributed by atoms with Crippen molar-refractivity contribution in [1.29, 1.82) is 0 Å². The van der Waals surface area contributed by atoms with Gasteiger partial charge >= 0.3 is 0 Å². The fourth-order valence-electron chi connectivity index (χ4n) is 2.13. The number of ether oxygens (including phenoxy) is 1. The van der Waals surface area contributed by atoms with Crippen molar-refractivity contribution in [3.05, 3.63) is 70.2 Å². The molecular formula is C18H22ClNO. The predicted octanol–water partition coefficient (Wildman–Crippen LogP) is 4.21. The molecule has 1 N–H and O–H groups in total. The minimum Gasteiger partial charge on any atom is -0.372 e. The van der Waals surface area contributed by atoms with Gasteiger partial charge in [-0.3, -0.25) is 0 Å². The van der Waals surface area contributed by atoms with Crippen LogP contribution < -0.4 is 5.32 Å². The van der Waals surface area contributed by atoms with E-state index >= 15 is 0 Å². The molecule has 0 aromatic heterocycles. The highest BCUT2D eigenvalue weighted by molar-refractivity contribution is 6.30. The van der Waals surface area contributed by atoms with Crippen LogP contribution in [0.3, 0.4) is 0 Å². The summed E-state index contributed by atoms with van der Waals surface area (Å²) in [6, 6.07) is 16.4. The number of hydrogen-bond acceptors (Lipinski definition) is 2. The fourth-order valence-corrected chi connectivity index (χ4v) is 2.34. The summed E-state index contributed by atoms with van der Waals surface area (Å²) in [5, 5.41) is 4.08. The first-order valence-corrected chi connectivity index (χ1v) is 7.76. The summed E-state index contributed by atoms with van der Waals surface area (Å²) in [6.45, 7) is 5.39. The number of halogens is 1. The van der Waals surface area contributed by atoms with E-state index in [0.717, 1.165) is 30.1 Å². The zero-order valence-electron chi connectivity index (χ0n) is 12.4. The average Bonchev–Trinajstić information content (AvgIpc) is 2.49. The number of nitrogens with one attached hydrogen (secondary N) is 1. The fraction of sp³-hybridized carbons (Fsp3) is 0.333. The van der Waals surface area contributed by atoms with Crippen LogP contribution in [0.4, 0.5) is 0 Å². The average molecular weight is 304 g/mol. The van der Waals surface area contributed by atoms with Crippen molar-refractivity contribution in [2.24, 2.45) is 0 Å². The number of benzene rings is 2. The molecule has 0 saturated carbocycles. The summed E-state index contributed by atoms with van der Waals surface area (Å²) < 4.78 is 5.73. The van der Waals surface area contributed by atoms with Gasteiger partial charge in [0.1, 0.15) is 0 Å². The van der Waals surface area contributed by atoms with E-state index in [-0.39, 0.29) is 0 Å². The SMILES string of the molecule is CCNCCc1ccc(COCc2cccc(Cl)c2)cc1. The summed E-state index contributed by atoms with van der Waals surface area (Å²) in [4.78, 5) is 0. The molecule has 0 saturated heterocycles. The van der Waals surface area contributed by atoms with Crippen molar-refractivity contribution < 1.29 is 4.74 Å². The Morgan fingerprint density at radius 2 is 1.67 bits per heavy atom. The van der Waals surface area contributed by atoms with Gasteiger partial charge in [0.05, 0.1) is 13.2 Å². The molecule has 0 radical (unpaired) electrons. The smallest absolute Gasteiger partial charge is 0.0721 e. The molecule has 3 heteroatoms. The van der Waals surface area contributed by atoms with Gasteiger partial charge in [-0.2, -0.15) is 0 Å². The van der Waals surface area contributed by atoms with E-state index in [1.54, 1.807) is 0 Å². The van der Waals surface area contributed by atoms with Gasteiger partial charge in [-0.05, 0) is 48.3 Å². The second-order valence-electron chi connectivity index (χ2n) is 5.04. The highest BCUT2D eigenvalue weighted by Crippen LogP contribution is 2.13. The van der Waals surface area contributed by atoms with Crippen molar-refractivity contribution in [2.45, 2.75) is 26.6 Å². The van der Waals surface area contributed by atoms with Crippen LogP contribution in [0, 0.1) is 0 Å². The monoisotopic (exact) mass is 303 g/mol. The molecule has 0 aliphatic carbocycles. The molecular weight excluding hydrogens is 282 g/mol. The summed E-state index contributed by atoms with van der Waals surface area (Å²) in [6.07, 6.45) is 1.07. The third-order valence-corrected chi connectivity index (χ3v) is 3.53. The van der Waals surface area contributed by atoms with Gasteiger partial charge in [0.25, 0.3) is 0 Å². The Morgan fingerprint density at radius 1 is 0.952 bits per heavy atom. The van der Waals surface area contributed by atoms with Crippen LogP contribution in [-0.4, -0.2) is 13.1 Å². The molecule has 0 spiro atoms. The van der Waals surface area contributed by atoms with E-state index in [1.165, 1.54) is 11.1 Å². The molecule has 0 atom stereocenters. The Hall–Kier alpha value is -1.35. The van der Waals surface area contributed by atoms with E-state index in [0.29, 0.717) is 13.2 Å². The second kappa shape index (κ2) is 8.83. The second-order valence-corrected chi connectivity index (χ2v) is 5.48. The first-order valence-electron chi connectivity index (χ1n) is 7.38. The molecule has 0 aliphatic heterocycles. The first kappa shape index (κ1) is 16.0. The lowest BCUT2D eigenvalue weighted by atomic mass is 10.1. The minimum absolute atomic E-state index is 0.586. The Kier molecular flexibility index (Phi) is 6.74. The van der Waals surface area contributed by atoms with Gasteiger partial charge < -0.3 is 10.1 Å². The van der Waals surface area contributed by atoms with E-state index in [4.69, 9.17) is 16.3 Å². The molecule has 0 heterocycles. The van der Waals surface area contributed by atoms with E-state index in [1.807, 2.05) is 24.3 Å². The summed E-state index contributed by atoms with van der Waals surface area (Å²) in [7, 11) is 0. The zero-order valence-corrected chi connectivity index (χ0v) is 13.2. The lowest BCUT2D eigenvalue weighted by Gasteiger charge is -2.07. The van der Waals surface area contributed by atoms with Crippen LogP contribution in [0.25, 0.3) is 0 Å². The molecule has 2 rings (SSSR count). The lowest BCUT2D eigenvalue weighted by Crippen LogP contribution is -2.15. The van der Waals surface area contributed by atoms with Gasteiger partial charge in [0.15, 0.2) is 0 Å². The maximum Gasteiger partial charge on any atom is 0.0721 e. The van der Waals surface area contributed by atoms with E-state index < -0.39 is 0 Å². The van der Waals surface area contributed by atoms with E-state index in [9.17, 15) is 0 Å². The number of hydrogen-bond donors (Lipinski definition) is 1. The zero-order chi connectivity index (χ0) is 14.9. The maximum absolute atomic E-state index is 5.95. The quantitative estimate of drug-likeness (QED) is 0.738. The van der Waals surface area contributed by atoms with Crippen molar-refractivity contribution in [1.82, 2.24) is 5.32 Å². The normalized spacial score (nSPS) is 10.8. The van der Waals surface area contributed by atoms with Crippen LogP contribution in [0.5, 0.6) is 0 Å². The van der Waals surface area contributed by atoms with E-state index in [2.05, 4.69) is 36.5 Å². The summed E-state index contributed by atoms with van der Waals surface area (Å²) in [5.41, 5.74) is 3.66. The van der Waals surface area contributed by atoms with Crippen molar-refractivity contribution in [3.8, 4) is 0 Å². The standard InChI is InChI=1S/C18H22ClNO/c1-2-20-11-10-15-6-8-16(9-7-15)13-21-14-17-4-3-5-18(19)12-17/h3-9,12,20H,2,10-11,13-14H2,1H3. The maximum atomic E-state index is 5.95.